The number of carbonyl (C=O) groups excluding carboxylic acids is 1. The Bertz CT molecular complexity index is 384. The molecule has 0 aliphatic carbocycles. The van der Waals surface area contributed by atoms with Gasteiger partial charge in [0.1, 0.15) is 0 Å². The van der Waals surface area contributed by atoms with Crippen LogP contribution in [0.1, 0.15) is 12.5 Å². The minimum atomic E-state index is -1.40. The van der Waals surface area contributed by atoms with E-state index in [2.05, 4.69) is 6.58 Å². The Balaban J connectivity index is 2.80. The number of alkyl halides is 2. The first-order valence-electron chi connectivity index (χ1n) is 5.27. The van der Waals surface area contributed by atoms with Crippen molar-refractivity contribution < 1.29 is 4.79 Å². The molecule has 0 aliphatic rings. The molecule has 0 unspecified atom stereocenters. The van der Waals surface area contributed by atoms with Crippen LogP contribution in [0.2, 0.25) is 0 Å². The van der Waals surface area contributed by atoms with Gasteiger partial charge in [-0.25, -0.2) is 0 Å². The van der Waals surface area contributed by atoms with Gasteiger partial charge in [-0.1, -0.05) is 59.6 Å². The second-order valence-electron chi connectivity index (χ2n) is 3.85. The average Bonchev–Trinajstić information content (AvgIpc) is 2.28. The van der Waals surface area contributed by atoms with Crippen molar-refractivity contribution in [2.24, 2.45) is 0 Å². The average molecular weight is 272 g/mol. The number of nitrogens with zero attached hydrogens (tertiary/aromatic N) is 1. The minimum absolute atomic E-state index is 0.315. The lowest BCUT2D eigenvalue weighted by Crippen LogP contribution is -2.40. The highest BCUT2D eigenvalue weighted by molar-refractivity contribution is 6.57. The van der Waals surface area contributed by atoms with Gasteiger partial charge in [0.25, 0.3) is 5.91 Å². The smallest absolute Gasteiger partial charge is 0.259 e. The van der Waals surface area contributed by atoms with Gasteiger partial charge in [0.15, 0.2) is 4.33 Å². The van der Waals surface area contributed by atoms with E-state index in [9.17, 15) is 4.79 Å². The second-order valence-corrected chi connectivity index (χ2v) is 5.55. The predicted octanol–water partition coefficient (Wildman–Crippen LogP) is 3.40. The first-order chi connectivity index (χ1) is 7.95. The van der Waals surface area contributed by atoms with Gasteiger partial charge >= 0.3 is 0 Å². The van der Waals surface area contributed by atoms with E-state index in [1.807, 2.05) is 30.3 Å². The summed E-state index contributed by atoms with van der Waals surface area (Å²) in [7, 11) is 0. The van der Waals surface area contributed by atoms with Gasteiger partial charge in [-0.2, -0.15) is 0 Å². The van der Waals surface area contributed by atoms with Gasteiger partial charge in [-0.15, -0.1) is 6.58 Å². The predicted molar refractivity (Wildman–Crippen MR) is 72.2 cm³/mol. The van der Waals surface area contributed by atoms with Crippen LogP contribution in [0.25, 0.3) is 0 Å². The van der Waals surface area contributed by atoms with Gasteiger partial charge in [-0.05, 0) is 12.5 Å². The molecule has 0 radical (unpaired) electrons. The van der Waals surface area contributed by atoms with E-state index in [1.165, 1.54) is 6.92 Å². The van der Waals surface area contributed by atoms with Crippen LogP contribution in [-0.4, -0.2) is 21.7 Å². The zero-order valence-electron chi connectivity index (χ0n) is 9.70. The highest BCUT2D eigenvalue weighted by atomic mass is 35.5. The van der Waals surface area contributed by atoms with E-state index in [-0.39, 0.29) is 5.91 Å². The molecule has 1 rings (SSSR count). The summed E-state index contributed by atoms with van der Waals surface area (Å²) >= 11 is 11.6. The third-order valence-corrected chi connectivity index (χ3v) is 2.55. The zero-order chi connectivity index (χ0) is 12.9. The molecule has 2 nitrogen and oxygen atoms in total. The topological polar surface area (TPSA) is 20.3 Å². The third kappa shape index (κ3) is 4.41. The zero-order valence-corrected chi connectivity index (χ0v) is 11.2. The number of hydrogen-bond acceptors (Lipinski definition) is 1. The number of hydrogen-bond donors (Lipinski definition) is 0. The lowest BCUT2D eigenvalue weighted by atomic mass is 10.2. The molecule has 1 aromatic rings. The summed E-state index contributed by atoms with van der Waals surface area (Å²) in [4.78, 5) is 13.5. The Kier molecular flexibility index (Phi) is 5.03. The van der Waals surface area contributed by atoms with Crippen LogP contribution >= 0.6 is 23.2 Å². The SMILES string of the molecule is C=CCN(Cc1ccccc1)C(=O)C(C)(Cl)Cl. The standard InChI is InChI=1S/C13H15Cl2NO/c1-3-9-16(12(17)13(2,14)15)10-11-7-5-4-6-8-11/h3-8H,1,9-10H2,2H3. The molecule has 1 aromatic carbocycles. The van der Waals surface area contributed by atoms with Crippen molar-refractivity contribution in [3.05, 3.63) is 48.6 Å². The third-order valence-electron chi connectivity index (χ3n) is 2.23. The van der Waals surface area contributed by atoms with Crippen LogP contribution in [0.4, 0.5) is 0 Å². The maximum atomic E-state index is 12.0. The van der Waals surface area contributed by atoms with E-state index in [4.69, 9.17) is 23.2 Å². The van der Waals surface area contributed by atoms with E-state index in [1.54, 1.807) is 11.0 Å². The van der Waals surface area contributed by atoms with Gasteiger partial charge in [0.05, 0.1) is 0 Å². The fourth-order valence-corrected chi connectivity index (χ4v) is 1.70. The number of rotatable bonds is 5. The molecular formula is C13H15Cl2NO. The van der Waals surface area contributed by atoms with Gasteiger partial charge in [0.2, 0.25) is 0 Å². The number of benzene rings is 1. The van der Waals surface area contributed by atoms with Crippen molar-refractivity contribution in [1.82, 2.24) is 4.90 Å². The van der Waals surface area contributed by atoms with Crippen molar-refractivity contribution in [1.29, 1.82) is 0 Å². The Morgan fingerprint density at radius 2 is 2.00 bits per heavy atom. The number of halogens is 2. The molecule has 0 aromatic heterocycles. The Hall–Kier alpha value is -0.990. The minimum Gasteiger partial charge on any atom is -0.332 e. The van der Waals surface area contributed by atoms with E-state index in [0.717, 1.165) is 5.56 Å². The number of amides is 1. The fourth-order valence-electron chi connectivity index (χ4n) is 1.46. The molecule has 1 amide bonds. The van der Waals surface area contributed by atoms with Gasteiger partial charge < -0.3 is 4.90 Å². The summed E-state index contributed by atoms with van der Waals surface area (Å²) in [6.07, 6.45) is 1.65. The van der Waals surface area contributed by atoms with Gasteiger partial charge in [-0.3, -0.25) is 4.79 Å². The highest BCUT2D eigenvalue weighted by Gasteiger charge is 2.31. The van der Waals surface area contributed by atoms with Crippen LogP contribution < -0.4 is 0 Å². The van der Waals surface area contributed by atoms with Crippen molar-refractivity contribution in [2.45, 2.75) is 17.8 Å². The van der Waals surface area contributed by atoms with Crippen molar-refractivity contribution in [3.8, 4) is 0 Å². The molecule has 0 N–H and O–H groups in total. The lowest BCUT2D eigenvalue weighted by molar-refractivity contribution is -0.131. The highest BCUT2D eigenvalue weighted by Crippen LogP contribution is 2.23. The molecule has 4 heteroatoms. The summed E-state index contributed by atoms with van der Waals surface area (Å²) in [5.74, 6) is -0.315. The van der Waals surface area contributed by atoms with Crippen LogP contribution in [0, 0.1) is 0 Å². The molecule has 0 fully saturated rings. The molecule has 92 valence electrons. The first kappa shape index (κ1) is 14.1. The van der Waals surface area contributed by atoms with Crippen LogP contribution in [0.5, 0.6) is 0 Å². The quantitative estimate of drug-likeness (QED) is 0.594. The lowest BCUT2D eigenvalue weighted by Gasteiger charge is -2.26. The van der Waals surface area contributed by atoms with E-state index < -0.39 is 4.33 Å². The normalized spacial score (nSPS) is 11.0. The molecule has 0 atom stereocenters. The Labute approximate surface area is 112 Å². The Morgan fingerprint density at radius 3 is 2.47 bits per heavy atom. The summed E-state index contributed by atoms with van der Waals surface area (Å²) in [6, 6.07) is 9.67. The molecule has 17 heavy (non-hydrogen) atoms. The van der Waals surface area contributed by atoms with Crippen LogP contribution in [0.3, 0.4) is 0 Å². The summed E-state index contributed by atoms with van der Waals surface area (Å²) in [5.41, 5.74) is 1.03. The molecule has 0 heterocycles. The maximum Gasteiger partial charge on any atom is 0.259 e. The Morgan fingerprint density at radius 1 is 1.41 bits per heavy atom. The first-order valence-corrected chi connectivity index (χ1v) is 6.02. The van der Waals surface area contributed by atoms with E-state index in [0.29, 0.717) is 13.1 Å². The maximum absolute atomic E-state index is 12.0. The largest absolute Gasteiger partial charge is 0.332 e. The van der Waals surface area contributed by atoms with Crippen LogP contribution in [0.15, 0.2) is 43.0 Å². The fraction of sp³-hybridized carbons (Fsp3) is 0.308. The van der Waals surface area contributed by atoms with Crippen LogP contribution in [-0.2, 0) is 11.3 Å². The van der Waals surface area contributed by atoms with Crippen molar-refractivity contribution >= 4 is 29.1 Å². The number of carbonyl (C=O) groups is 1. The second kappa shape index (κ2) is 6.08. The monoisotopic (exact) mass is 271 g/mol. The van der Waals surface area contributed by atoms with E-state index >= 15 is 0 Å². The summed E-state index contributed by atoms with van der Waals surface area (Å²) in [6.45, 7) is 5.99. The summed E-state index contributed by atoms with van der Waals surface area (Å²) < 4.78 is -1.40. The molecular weight excluding hydrogens is 257 g/mol. The summed E-state index contributed by atoms with van der Waals surface area (Å²) in [5, 5.41) is 0. The van der Waals surface area contributed by atoms with Crippen molar-refractivity contribution in [3.63, 3.8) is 0 Å². The molecule has 0 saturated carbocycles. The van der Waals surface area contributed by atoms with Gasteiger partial charge in [0, 0.05) is 13.1 Å². The molecule has 0 saturated heterocycles. The van der Waals surface area contributed by atoms with Crippen molar-refractivity contribution in [2.75, 3.05) is 6.54 Å². The molecule has 0 aliphatic heterocycles. The molecule has 0 spiro atoms. The molecule has 0 bridgehead atoms.